The van der Waals surface area contributed by atoms with E-state index in [1.54, 1.807) is 17.5 Å². The van der Waals surface area contributed by atoms with Crippen molar-refractivity contribution >= 4 is 61.0 Å². The van der Waals surface area contributed by atoms with Crippen LogP contribution >= 0.6 is 27.3 Å². The van der Waals surface area contributed by atoms with E-state index < -0.39 is 21.7 Å². The molecule has 0 radical (unpaired) electrons. The average Bonchev–Trinajstić information content (AvgIpc) is 3.59. The molecular formula is C32H52BrN5O4SSi2. The highest BCUT2D eigenvalue weighted by Crippen LogP contribution is 2.42. The molecule has 0 aromatic carbocycles. The number of hydrogen-bond donors (Lipinski definition) is 0. The zero-order valence-electron chi connectivity index (χ0n) is 28.6. The number of amides is 1. The number of fused-ring (bicyclic) bond motifs is 1. The molecule has 0 N–H and O–H groups in total. The van der Waals surface area contributed by atoms with Crippen LogP contribution < -0.4 is 4.90 Å². The molecule has 0 saturated carbocycles. The van der Waals surface area contributed by atoms with Crippen molar-refractivity contribution in [3.63, 3.8) is 0 Å². The Morgan fingerprint density at radius 1 is 1.09 bits per heavy atom. The first-order chi connectivity index (χ1) is 21.0. The highest BCUT2D eigenvalue weighted by atomic mass is 79.9. The summed E-state index contributed by atoms with van der Waals surface area (Å²) in [6, 6.07) is 6.39. The van der Waals surface area contributed by atoms with Gasteiger partial charge in [0, 0.05) is 53.2 Å². The van der Waals surface area contributed by atoms with E-state index >= 15 is 0 Å². The van der Waals surface area contributed by atoms with Crippen molar-refractivity contribution in [1.29, 1.82) is 0 Å². The highest BCUT2D eigenvalue weighted by molar-refractivity contribution is 9.10. The van der Waals surface area contributed by atoms with Crippen molar-refractivity contribution < 1.29 is 19.0 Å². The number of nitrogens with zero attached hydrogens (tertiary/aromatic N) is 5. The Balaban J connectivity index is 1.79. The molecule has 0 spiro atoms. The fourth-order valence-electron chi connectivity index (χ4n) is 5.17. The smallest absolute Gasteiger partial charge is 0.410 e. The third kappa shape index (κ3) is 10.4. The van der Waals surface area contributed by atoms with Crippen LogP contribution in [0.5, 0.6) is 0 Å². The van der Waals surface area contributed by atoms with Crippen LogP contribution in [0.25, 0.3) is 16.1 Å². The number of rotatable bonds is 13. The first-order valence-corrected chi connectivity index (χ1v) is 25.1. The van der Waals surface area contributed by atoms with Gasteiger partial charge in [0.15, 0.2) is 5.65 Å². The standard InChI is InChI=1S/C32H52BrN5O4SSi2/c1-32(2,3)42-31(39)36-14-10-12-24(21-36)28-27(26-13-11-17-43-26)30(38-29(35-28)25(33)20-34-38)37(22-40-15-18-44(4,5)6)23-41-16-19-45(7,8)9/h11,13,17,20,24H,10,12,14-16,18-19,21-23H2,1-9H3. The SMILES string of the molecule is CC(C)(C)OC(=O)N1CCCC(c2nc3c(Br)cnn3c(N(COCC[Si](C)(C)C)COCC[Si](C)(C)C)c2-c2cccs2)C1. The van der Waals surface area contributed by atoms with Gasteiger partial charge in [-0.3, -0.25) is 0 Å². The van der Waals surface area contributed by atoms with E-state index in [1.807, 2.05) is 30.2 Å². The Labute approximate surface area is 283 Å². The molecule has 1 saturated heterocycles. The third-order valence-electron chi connectivity index (χ3n) is 7.62. The van der Waals surface area contributed by atoms with E-state index in [2.05, 4.69) is 77.6 Å². The van der Waals surface area contributed by atoms with Crippen LogP contribution in [0.3, 0.4) is 0 Å². The van der Waals surface area contributed by atoms with E-state index in [0.717, 1.165) is 57.0 Å². The summed E-state index contributed by atoms with van der Waals surface area (Å²) in [4.78, 5) is 23.6. The number of thiophene rings is 1. The van der Waals surface area contributed by atoms with E-state index in [9.17, 15) is 4.79 Å². The van der Waals surface area contributed by atoms with Crippen molar-refractivity contribution in [2.45, 2.75) is 96.5 Å². The van der Waals surface area contributed by atoms with Crippen molar-refractivity contribution in [3.8, 4) is 10.4 Å². The minimum atomic E-state index is -1.26. The van der Waals surface area contributed by atoms with Gasteiger partial charge in [-0.2, -0.15) is 9.61 Å². The zero-order valence-corrected chi connectivity index (χ0v) is 33.0. The molecule has 1 amide bonds. The van der Waals surface area contributed by atoms with Crippen molar-refractivity contribution in [1.82, 2.24) is 19.5 Å². The van der Waals surface area contributed by atoms with E-state index in [-0.39, 0.29) is 12.0 Å². The molecule has 0 aliphatic carbocycles. The molecule has 0 bridgehead atoms. The van der Waals surface area contributed by atoms with Crippen molar-refractivity contribution in [2.75, 3.05) is 44.7 Å². The molecule has 3 aromatic heterocycles. The molecule has 4 rings (SSSR count). The molecule has 4 heterocycles. The Morgan fingerprint density at radius 2 is 1.73 bits per heavy atom. The summed E-state index contributed by atoms with van der Waals surface area (Å²) in [5.74, 6) is 0.926. The summed E-state index contributed by atoms with van der Waals surface area (Å²) in [5, 5.41) is 6.90. The van der Waals surface area contributed by atoms with Gasteiger partial charge < -0.3 is 24.0 Å². The van der Waals surface area contributed by atoms with Crippen molar-refractivity contribution in [2.24, 2.45) is 0 Å². The first-order valence-electron chi connectivity index (χ1n) is 16.0. The fraction of sp³-hybridized carbons (Fsp3) is 0.656. The normalized spacial score (nSPS) is 16.4. The van der Waals surface area contributed by atoms with Crippen LogP contribution in [0.15, 0.2) is 28.2 Å². The second-order valence-corrected chi connectivity index (χ2v) is 28.4. The monoisotopic (exact) mass is 737 g/mol. The summed E-state index contributed by atoms with van der Waals surface area (Å²) in [6.07, 6.45) is 3.33. The number of aromatic nitrogens is 3. The van der Waals surface area contributed by atoms with Gasteiger partial charge >= 0.3 is 6.09 Å². The van der Waals surface area contributed by atoms with Gasteiger partial charge in [-0.15, -0.1) is 11.3 Å². The van der Waals surface area contributed by atoms with Gasteiger partial charge in [-0.05, 0) is 73.1 Å². The summed E-state index contributed by atoms with van der Waals surface area (Å²) >= 11 is 5.41. The van der Waals surface area contributed by atoms with Gasteiger partial charge in [-0.25, -0.2) is 9.78 Å². The molecule has 1 aliphatic heterocycles. The summed E-state index contributed by atoms with van der Waals surface area (Å²) in [7, 11) is -2.53. The fourth-order valence-corrected chi connectivity index (χ4v) is 7.81. The van der Waals surface area contributed by atoms with Crippen LogP contribution in [-0.4, -0.2) is 87.1 Å². The second kappa shape index (κ2) is 15.0. The lowest BCUT2D eigenvalue weighted by molar-refractivity contribution is 0.0197. The van der Waals surface area contributed by atoms with Crippen LogP contribution in [0, 0.1) is 0 Å². The van der Waals surface area contributed by atoms with Gasteiger partial charge in [0.1, 0.15) is 24.9 Å². The minimum absolute atomic E-state index is 0.0244. The van der Waals surface area contributed by atoms with Crippen LogP contribution in [-0.2, 0) is 14.2 Å². The van der Waals surface area contributed by atoms with Crippen LogP contribution in [0.1, 0.15) is 45.2 Å². The maximum absolute atomic E-state index is 13.2. The minimum Gasteiger partial charge on any atom is -0.444 e. The molecular weight excluding hydrogens is 687 g/mol. The maximum Gasteiger partial charge on any atom is 0.410 e. The number of halogens is 1. The lowest BCUT2D eigenvalue weighted by Crippen LogP contribution is -2.42. The Morgan fingerprint density at radius 3 is 2.29 bits per heavy atom. The maximum atomic E-state index is 13.2. The van der Waals surface area contributed by atoms with E-state index in [0.29, 0.717) is 39.8 Å². The van der Waals surface area contributed by atoms with Gasteiger partial charge in [0.25, 0.3) is 0 Å². The number of anilines is 1. The Bertz CT molecular complexity index is 1390. The van der Waals surface area contributed by atoms with Gasteiger partial charge in [0.2, 0.25) is 0 Å². The topological polar surface area (TPSA) is 81.4 Å². The van der Waals surface area contributed by atoms with Gasteiger partial charge in [0.05, 0.1) is 21.9 Å². The lowest BCUT2D eigenvalue weighted by Gasteiger charge is -2.35. The molecule has 13 heteroatoms. The number of carbonyl (C=O) groups is 1. The molecule has 9 nitrogen and oxygen atoms in total. The Hall–Kier alpha value is -1.78. The predicted octanol–water partition coefficient (Wildman–Crippen LogP) is 8.77. The Kier molecular flexibility index (Phi) is 12.0. The largest absolute Gasteiger partial charge is 0.444 e. The lowest BCUT2D eigenvalue weighted by atomic mass is 9.91. The number of likely N-dealkylation sites (tertiary alicyclic amines) is 1. The molecule has 45 heavy (non-hydrogen) atoms. The highest BCUT2D eigenvalue weighted by Gasteiger charge is 2.34. The predicted molar refractivity (Wildman–Crippen MR) is 194 cm³/mol. The molecule has 1 atom stereocenters. The number of hydrogen-bond acceptors (Lipinski definition) is 8. The first kappa shape index (κ1) is 36.1. The molecule has 3 aromatic rings. The van der Waals surface area contributed by atoms with E-state index in [1.165, 1.54) is 0 Å². The number of piperidine rings is 1. The number of ether oxygens (including phenoxy) is 3. The van der Waals surface area contributed by atoms with Crippen LogP contribution in [0.2, 0.25) is 51.4 Å². The molecule has 1 fully saturated rings. The van der Waals surface area contributed by atoms with Crippen molar-refractivity contribution in [3.05, 3.63) is 33.9 Å². The van der Waals surface area contributed by atoms with Crippen LogP contribution in [0.4, 0.5) is 10.6 Å². The van der Waals surface area contributed by atoms with E-state index in [4.69, 9.17) is 24.3 Å². The zero-order chi connectivity index (χ0) is 33.0. The summed E-state index contributed by atoms with van der Waals surface area (Å²) < 4.78 is 21.3. The molecule has 250 valence electrons. The quantitative estimate of drug-likeness (QED) is 0.0986. The average molecular weight is 739 g/mol. The second-order valence-electron chi connectivity index (χ2n) is 15.4. The number of carbonyl (C=O) groups excluding carboxylic acids is 1. The third-order valence-corrected chi connectivity index (χ3v) is 12.5. The van der Waals surface area contributed by atoms with Gasteiger partial charge in [-0.1, -0.05) is 45.3 Å². The molecule has 1 unspecified atom stereocenters. The summed E-state index contributed by atoms with van der Waals surface area (Å²) in [5.41, 5.74) is 2.17. The molecule has 1 aliphatic rings. The summed E-state index contributed by atoms with van der Waals surface area (Å²) in [6.45, 7) is 23.3.